The van der Waals surface area contributed by atoms with Crippen LogP contribution in [0.3, 0.4) is 0 Å². The Balaban J connectivity index is 1.86. The molecule has 1 saturated carbocycles. The van der Waals surface area contributed by atoms with Crippen molar-refractivity contribution in [3.8, 4) is 0 Å². The Bertz CT molecular complexity index is 578. The predicted molar refractivity (Wildman–Crippen MR) is 68.2 cm³/mol. The van der Waals surface area contributed by atoms with E-state index in [0.717, 1.165) is 30.2 Å². The van der Waals surface area contributed by atoms with Gasteiger partial charge in [-0.3, -0.25) is 4.79 Å². The van der Waals surface area contributed by atoms with Gasteiger partial charge in [-0.25, -0.2) is 0 Å². The molecule has 2 N–H and O–H groups in total. The maximum Gasteiger partial charge on any atom is 0.233 e. The van der Waals surface area contributed by atoms with Crippen LogP contribution in [0.1, 0.15) is 19.3 Å². The third-order valence-electron chi connectivity index (χ3n) is 3.82. The molecule has 0 atom stereocenters. The van der Waals surface area contributed by atoms with Gasteiger partial charge in [-0.15, -0.1) is 0 Å². The van der Waals surface area contributed by atoms with E-state index in [0.29, 0.717) is 5.69 Å². The number of nitrogens with one attached hydrogen (secondary N) is 1. The Labute approximate surface area is 105 Å². The lowest BCUT2D eigenvalue weighted by Crippen LogP contribution is -2.44. The standard InChI is InChI=1S/C14H15NO3/c16-9-14(6-3-7-14)13(17)15-11-8-18-12-5-2-1-4-10(11)12/h1-2,4-5,8,16H,3,6-7,9H2,(H,15,17). The van der Waals surface area contributed by atoms with Crippen molar-refractivity contribution in [1.29, 1.82) is 0 Å². The second kappa shape index (κ2) is 4.14. The number of furan rings is 1. The van der Waals surface area contributed by atoms with Crippen molar-refractivity contribution in [3.05, 3.63) is 30.5 Å². The highest BCUT2D eigenvalue weighted by Crippen LogP contribution is 2.41. The minimum Gasteiger partial charge on any atom is -0.462 e. The van der Waals surface area contributed by atoms with Gasteiger partial charge in [0.25, 0.3) is 0 Å². The number of hydrogen-bond acceptors (Lipinski definition) is 3. The van der Waals surface area contributed by atoms with E-state index < -0.39 is 5.41 Å². The van der Waals surface area contributed by atoms with Crippen molar-refractivity contribution in [1.82, 2.24) is 0 Å². The maximum absolute atomic E-state index is 12.2. The van der Waals surface area contributed by atoms with E-state index in [4.69, 9.17) is 4.42 Å². The molecule has 1 heterocycles. The number of anilines is 1. The highest BCUT2D eigenvalue weighted by atomic mass is 16.3. The molecule has 0 spiro atoms. The van der Waals surface area contributed by atoms with Gasteiger partial charge in [-0.1, -0.05) is 18.6 Å². The van der Waals surface area contributed by atoms with E-state index >= 15 is 0 Å². The Morgan fingerprint density at radius 1 is 1.39 bits per heavy atom. The molecular formula is C14H15NO3. The fourth-order valence-corrected chi connectivity index (χ4v) is 2.39. The molecule has 1 fully saturated rings. The van der Waals surface area contributed by atoms with Crippen LogP contribution in [-0.4, -0.2) is 17.6 Å². The molecule has 4 heteroatoms. The Hall–Kier alpha value is -1.81. The Morgan fingerprint density at radius 3 is 2.83 bits per heavy atom. The van der Waals surface area contributed by atoms with Gasteiger partial charge in [0.15, 0.2) is 0 Å². The third kappa shape index (κ3) is 1.61. The number of carbonyl (C=O) groups is 1. The van der Waals surface area contributed by atoms with E-state index in [2.05, 4.69) is 5.32 Å². The van der Waals surface area contributed by atoms with Gasteiger partial charge in [-0.05, 0) is 25.0 Å². The second-order valence-corrected chi connectivity index (χ2v) is 4.89. The summed E-state index contributed by atoms with van der Waals surface area (Å²) in [5.41, 5.74) is 0.841. The van der Waals surface area contributed by atoms with Crippen molar-refractivity contribution >= 4 is 22.6 Å². The van der Waals surface area contributed by atoms with Crippen molar-refractivity contribution in [2.75, 3.05) is 11.9 Å². The van der Waals surface area contributed by atoms with Crippen molar-refractivity contribution < 1.29 is 14.3 Å². The van der Waals surface area contributed by atoms with E-state index in [9.17, 15) is 9.90 Å². The predicted octanol–water partition coefficient (Wildman–Crippen LogP) is 2.53. The summed E-state index contributed by atoms with van der Waals surface area (Å²) >= 11 is 0. The minimum atomic E-state index is -0.585. The van der Waals surface area contributed by atoms with Gasteiger partial charge in [-0.2, -0.15) is 0 Å². The molecule has 3 rings (SSSR count). The van der Waals surface area contributed by atoms with Gasteiger partial charge in [0.1, 0.15) is 11.8 Å². The molecule has 2 aromatic rings. The highest BCUT2D eigenvalue weighted by Gasteiger charge is 2.43. The van der Waals surface area contributed by atoms with Gasteiger partial charge < -0.3 is 14.8 Å². The summed E-state index contributed by atoms with van der Waals surface area (Å²) in [6.07, 6.45) is 4.06. The van der Waals surface area contributed by atoms with E-state index in [-0.39, 0.29) is 12.5 Å². The maximum atomic E-state index is 12.2. The lowest BCUT2D eigenvalue weighted by atomic mass is 9.68. The zero-order valence-corrected chi connectivity index (χ0v) is 9.98. The molecule has 1 aromatic heterocycles. The lowest BCUT2D eigenvalue weighted by molar-refractivity contribution is -0.133. The Kier molecular flexibility index (Phi) is 2.59. The number of aliphatic hydroxyl groups is 1. The lowest BCUT2D eigenvalue weighted by Gasteiger charge is -2.38. The van der Waals surface area contributed by atoms with Gasteiger partial charge in [0, 0.05) is 5.39 Å². The molecule has 0 bridgehead atoms. The molecule has 0 radical (unpaired) electrons. The van der Waals surface area contributed by atoms with Crippen LogP contribution in [0.15, 0.2) is 34.9 Å². The number of carbonyl (C=O) groups excluding carboxylic acids is 1. The number of amides is 1. The number of para-hydroxylation sites is 1. The summed E-state index contributed by atoms with van der Waals surface area (Å²) in [6.45, 7) is -0.0887. The smallest absolute Gasteiger partial charge is 0.233 e. The molecular weight excluding hydrogens is 230 g/mol. The van der Waals surface area contributed by atoms with Crippen LogP contribution in [-0.2, 0) is 4.79 Å². The van der Waals surface area contributed by atoms with E-state index in [1.165, 1.54) is 0 Å². The monoisotopic (exact) mass is 245 g/mol. The molecule has 18 heavy (non-hydrogen) atoms. The average molecular weight is 245 g/mol. The van der Waals surface area contributed by atoms with Gasteiger partial charge in [0.05, 0.1) is 17.7 Å². The first kappa shape index (κ1) is 11.3. The molecule has 0 aliphatic heterocycles. The Morgan fingerprint density at radius 2 is 2.17 bits per heavy atom. The fourth-order valence-electron chi connectivity index (χ4n) is 2.39. The van der Waals surface area contributed by atoms with Crippen LogP contribution in [0.25, 0.3) is 11.0 Å². The normalized spacial score (nSPS) is 17.4. The second-order valence-electron chi connectivity index (χ2n) is 4.89. The summed E-state index contributed by atoms with van der Waals surface area (Å²) in [6, 6.07) is 7.55. The number of rotatable bonds is 3. The molecule has 1 amide bonds. The molecule has 94 valence electrons. The van der Waals surface area contributed by atoms with Crippen molar-refractivity contribution in [2.24, 2.45) is 5.41 Å². The minimum absolute atomic E-state index is 0.0887. The van der Waals surface area contributed by atoms with E-state index in [1.807, 2.05) is 24.3 Å². The molecule has 0 unspecified atom stereocenters. The van der Waals surface area contributed by atoms with Crippen LogP contribution < -0.4 is 5.32 Å². The van der Waals surface area contributed by atoms with Crippen molar-refractivity contribution in [3.63, 3.8) is 0 Å². The van der Waals surface area contributed by atoms with Crippen molar-refractivity contribution in [2.45, 2.75) is 19.3 Å². The third-order valence-corrected chi connectivity index (χ3v) is 3.82. The summed E-state index contributed by atoms with van der Waals surface area (Å²) in [4.78, 5) is 12.2. The quantitative estimate of drug-likeness (QED) is 0.873. The zero-order valence-electron chi connectivity index (χ0n) is 9.98. The van der Waals surface area contributed by atoms with Crippen LogP contribution in [0.4, 0.5) is 5.69 Å². The van der Waals surface area contributed by atoms with Gasteiger partial charge >= 0.3 is 0 Å². The molecule has 1 aliphatic rings. The molecule has 4 nitrogen and oxygen atoms in total. The summed E-state index contributed by atoms with van der Waals surface area (Å²) in [5.74, 6) is -0.109. The fraction of sp³-hybridized carbons (Fsp3) is 0.357. The SMILES string of the molecule is O=C(Nc1coc2ccccc12)C1(CO)CCC1. The first-order chi connectivity index (χ1) is 8.75. The summed E-state index contributed by atoms with van der Waals surface area (Å²) < 4.78 is 5.37. The highest BCUT2D eigenvalue weighted by molar-refractivity contribution is 6.03. The summed E-state index contributed by atoms with van der Waals surface area (Å²) in [7, 11) is 0. The first-order valence-electron chi connectivity index (χ1n) is 6.14. The molecule has 0 saturated heterocycles. The first-order valence-corrected chi connectivity index (χ1v) is 6.14. The molecule has 1 aromatic carbocycles. The van der Waals surface area contributed by atoms with Crippen LogP contribution in [0, 0.1) is 5.41 Å². The van der Waals surface area contributed by atoms with E-state index in [1.54, 1.807) is 6.26 Å². The summed E-state index contributed by atoms with van der Waals surface area (Å²) in [5, 5.41) is 13.1. The number of aliphatic hydroxyl groups excluding tert-OH is 1. The topological polar surface area (TPSA) is 62.5 Å². The number of fused-ring (bicyclic) bond motifs is 1. The number of benzene rings is 1. The van der Waals surface area contributed by atoms with Crippen LogP contribution >= 0.6 is 0 Å². The zero-order chi connectivity index (χ0) is 12.6. The van der Waals surface area contributed by atoms with Crippen LogP contribution in [0.2, 0.25) is 0 Å². The number of hydrogen-bond donors (Lipinski definition) is 2. The molecule has 1 aliphatic carbocycles. The van der Waals surface area contributed by atoms with Gasteiger partial charge in [0.2, 0.25) is 5.91 Å². The largest absolute Gasteiger partial charge is 0.462 e. The average Bonchev–Trinajstić information content (AvgIpc) is 2.72. The van der Waals surface area contributed by atoms with Crippen LogP contribution in [0.5, 0.6) is 0 Å².